The van der Waals surface area contributed by atoms with Crippen molar-refractivity contribution in [3.8, 4) is 0 Å². The predicted molar refractivity (Wildman–Crippen MR) is 49.5 cm³/mol. The molecule has 0 amide bonds. The zero-order valence-corrected chi connectivity index (χ0v) is 7.62. The van der Waals surface area contributed by atoms with Crippen LogP contribution >= 0.6 is 11.5 Å². The standard InChI is InChI=1S/C8H8N2O2S/c11-8(12)5-10-2-1-7-6(4-10)3-9-13-7/h1,3-4H,2,5H2,(H,11,12). The zero-order valence-electron chi connectivity index (χ0n) is 6.80. The molecule has 0 fully saturated rings. The van der Waals surface area contributed by atoms with Crippen LogP contribution in [-0.4, -0.2) is 33.4 Å². The fourth-order valence-electron chi connectivity index (χ4n) is 1.24. The Balaban J connectivity index is 2.28. The molecule has 13 heavy (non-hydrogen) atoms. The van der Waals surface area contributed by atoms with Gasteiger partial charge < -0.3 is 10.0 Å². The Morgan fingerprint density at radius 2 is 2.62 bits per heavy atom. The van der Waals surface area contributed by atoms with Crippen LogP contribution in [0.1, 0.15) is 0 Å². The van der Waals surface area contributed by atoms with E-state index in [4.69, 9.17) is 5.11 Å². The first-order valence-corrected chi connectivity index (χ1v) is 4.61. The van der Waals surface area contributed by atoms with Gasteiger partial charge in [0, 0.05) is 24.2 Å². The van der Waals surface area contributed by atoms with Crippen molar-refractivity contribution in [2.75, 3.05) is 13.1 Å². The van der Waals surface area contributed by atoms with Crippen molar-refractivity contribution < 1.29 is 9.90 Å². The van der Waals surface area contributed by atoms with Crippen molar-refractivity contribution in [3.05, 3.63) is 15.9 Å². The van der Waals surface area contributed by atoms with Gasteiger partial charge in [-0.25, -0.2) is 0 Å². The van der Waals surface area contributed by atoms with Crippen molar-refractivity contribution in [2.24, 2.45) is 0 Å². The average Bonchev–Trinajstić information content (AvgIpc) is 2.49. The van der Waals surface area contributed by atoms with Gasteiger partial charge in [0.15, 0.2) is 0 Å². The highest BCUT2D eigenvalue weighted by atomic mass is 32.1. The van der Waals surface area contributed by atoms with Gasteiger partial charge in [-0.1, -0.05) is 0 Å². The number of carboxylic acids is 1. The summed E-state index contributed by atoms with van der Waals surface area (Å²) in [6, 6.07) is 0. The number of carboxylic acid groups (broad SMARTS) is 1. The van der Waals surface area contributed by atoms with Crippen LogP contribution in [-0.2, 0) is 4.79 Å². The van der Waals surface area contributed by atoms with Crippen molar-refractivity contribution in [1.29, 1.82) is 0 Å². The molecule has 0 spiro atoms. The van der Waals surface area contributed by atoms with Crippen LogP contribution in [0, 0.1) is 0 Å². The van der Waals surface area contributed by atoms with E-state index in [0.717, 1.165) is 9.75 Å². The average molecular weight is 196 g/mol. The summed E-state index contributed by atoms with van der Waals surface area (Å²) in [5, 5.41) is 9.59. The first kappa shape index (κ1) is 8.25. The maximum Gasteiger partial charge on any atom is 0.323 e. The molecule has 1 aromatic heterocycles. The molecule has 4 nitrogen and oxygen atoms in total. The molecule has 0 radical (unpaired) electrons. The SMILES string of the molecule is O=C(O)CN1C=c2cnsc2=CC1. The second kappa shape index (κ2) is 3.18. The number of aromatic nitrogens is 1. The van der Waals surface area contributed by atoms with E-state index in [1.165, 1.54) is 11.5 Å². The van der Waals surface area contributed by atoms with Crippen molar-refractivity contribution in [1.82, 2.24) is 9.27 Å². The molecule has 0 aliphatic carbocycles. The largest absolute Gasteiger partial charge is 0.480 e. The second-order valence-corrected chi connectivity index (χ2v) is 3.64. The minimum Gasteiger partial charge on any atom is -0.480 e. The molecule has 1 aromatic rings. The maximum atomic E-state index is 10.4. The highest BCUT2D eigenvalue weighted by Crippen LogP contribution is 1.93. The topological polar surface area (TPSA) is 53.4 Å². The Labute approximate surface area is 78.6 Å². The number of hydrogen-bond donors (Lipinski definition) is 1. The third-order valence-electron chi connectivity index (χ3n) is 1.80. The quantitative estimate of drug-likeness (QED) is 0.663. The molecule has 5 heteroatoms. The lowest BCUT2D eigenvalue weighted by Gasteiger charge is -2.16. The number of fused-ring (bicyclic) bond motifs is 1. The molecule has 2 heterocycles. The van der Waals surface area contributed by atoms with Crippen LogP contribution in [0.3, 0.4) is 0 Å². The molecule has 0 atom stereocenters. The van der Waals surface area contributed by atoms with Crippen molar-refractivity contribution >= 4 is 29.8 Å². The number of carbonyl (C=O) groups is 1. The summed E-state index contributed by atoms with van der Waals surface area (Å²) in [6.07, 6.45) is 5.59. The molecule has 68 valence electrons. The van der Waals surface area contributed by atoms with Gasteiger partial charge in [-0.15, -0.1) is 0 Å². The summed E-state index contributed by atoms with van der Waals surface area (Å²) in [5.74, 6) is -0.809. The van der Waals surface area contributed by atoms with E-state index in [1.54, 1.807) is 11.1 Å². The van der Waals surface area contributed by atoms with Crippen LogP contribution in [0.25, 0.3) is 12.3 Å². The zero-order chi connectivity index (χ0) is 9.26. The van der Waals surface area contributed by atoms with Crippen LogP contribution in [0.15, 0.2) is 6.20 Å². The van der Waals surface area contributed by atoms with Crippen molar-refractivity contribution in [3.63, 3.8) is 0 Å². The summed E-state index contributed by atoms with van der Waals surface area (Å²) in [5.41, 5.74) is 0. The lowest BCUT2D eigenvalue weighted by atomic mass is 10.3. The third kappa shape index (κ3) is 1.70. The van der Waals surface area contributed by atoms with E-state index in [0.29, 0.717) is 6.54 Å². The number of nitrogens with zero attached hydrogens (tertiary/aromatic N) is 2. The highest BCUT2D eigenvalue weighted by molar-refractivity contribution is 7.03. The minimum atomic E-state index is -0.809. The summed E-state index contributed by atoms with van der Waals surface area (Å²) in [4.78, 5) is 12.2. The molecule has 1 N–H and O–H groups in total. The smallest absolute Gasteiger partial charge is 0.323 e. The van der Waals surface area contributed by atoms with Gasteiger partial charge in [0.05, 0.1) is 4.53 Å². The molecule has 1 aliphatic rings. The maximum absolute atomic E-state index is 10.4. The molecule has 0 saturated heterocycles. The van der Waals surface area contributed by atoms with Crippen LogP contribution in [0.2, 0.25) is 0 Å². The van der Waals surface area contributed by atoms with Crippen LogP contribution < -0.4 is 9.75 Å². The van der Waals surface area contributed by atoms with E-state index in [-0.39, 0.29) is 6.54 Å². The first-order chi connectivity index (χ1) is 6.25. The Hall–Kier alpha value is -1.36. The lowest BCUT2D eigenvalue weighted by Crippen LogP contribution is -2.34. The summed E-state index contributed by atoms with van der Waals surface area (Å²) >= 11 is 1.44. The fourth-order valence-corrected chi connectivity index (χ4v) is 1.88. The van der Waals surface area contributed by atoms with Gasteiger partial charge in [0.1, 0.15) is 6.54 Å². The Kier molecular flexibility index (Phi) is 2.02. The molecule has 0 bridgehead atoms. The van der Waals surface area contributed by atoms with E-state index < -0.39 is 5.97 Å². The monoisotopic (exact) mass is 196 g/mol. The number of hydrogen-bond acceptors (Lipinski definition) is 4. The Morgan fingerprint density at radius 3 is 3.38 bits per heavy atom. The molecule has 1 aliphatic heterocycles. The van der Waals surface area contributed by atoms with Gasteiger partial charge in [0.25, 0.3) is 0 Å². The van der Waals surface area contributed by atoms with E-state index in [1.807, 2.05) is 12.3 Å². The van der Waals surface area contributed by atoms with E-state index >= 15 is 0 Å². The van der Waals surface area contributed by atoms with Crippen LogP contribution in [0.5, 0.6) is 0 Å². The number of aliphatic carboxylic acids is 1. The van der Waals surface area contributed by atoms with Crippen molar-refractivity contribution in [2.45, 2.75) is 0 Å². The normalized spacial score (nSPS) is 14.3. The van der Waals surface area contributed by atoms with Gasteiger partial charge in [-0.05, 0) is 17.6 Å². The predicted octanol–water partition coefficient (Wildman–Crippen LogP) is -0.938. The summed E-state index contributed by atoms with van der Waals surface area (Å²) in [6.45, 7) is 0.702. The summed E-state index contributed by atoms with van der Waals surface area (Å²) in [7, 11) is 0. The molecule has 0 unspecified atom stereocenters. The van der Waals surface area contributed by atoms with Gasteiger partial charge in [-0.3, -0.25) is 4.79 Å². The highest BCUT2D eigenvalue weighted by Gasteiger charge is 2.07. The second-order valence-electron chi connectivity index (χ2n) is 2.80. The van der Waals surface area contributed by atoms with Gasteiger partial charge in [-0.2, -0.15) is 4.37 Å². The van der Waals surface area contributed by atoms with Gasteiger partial charge in [0.2, 0.25) is 0 Å². The molecular formula is C8H8N2O2S. The lowest BCUT2D eigenvalue weighted by molar-refractivity contribution is -0.137. The summed E-state index contributed by atoms with van der Waals surface area (Å²) < 4.78 is 5.15. The van der Waals surface area contributed by atoms with Gasteiger partial charge >= 0.3 is 5.97 Å². The molecule has 2 rings (SSSR count). The Morgan fingerprint density at radius 1 is 1.77 bits per heavy atom. The molecule has 0 aromatic carbocycles. The fraction of sp³-hybridized carbons (Fsp3) is 0.250. The Bertz CT molecular complexity index is 437. The van der Waals surface area contributed by atoms with E-state index in [2.05, 4.69) is 4.37 Å². The first-order valence-electron chi connectivity index (χ1n) is 3.84. The minimum absolute atomic E-state index is 0.0474. The molecule has 0 saturated carbocycles. The van der Waals surface area contributed by atoms with E-state index in [9.17, 15) is 4.79 Å². The van der Waals surface area contributed by atoms with Crippen LogP contribution in [0.4, 0.5) is 0 Å². The molecular weight excluding hydrogens is 188 g/mol. The third-order valence-corrected chi connectivity index (χ3v) is 2.61. The number of rotatable bonds is 2.